The van der Waals surface area contributed by atoms with Gasteiger partial charge in [0.1, 0.15) is 5.60 Å². The fraction of sp³-hybridized carbons (Fsp3) is 0.619. The quantitative estimate of drug-likeness (QED) is 0.123. The van der Waals surface area contributed by atoms with Crippen LogP contribution in [-0.2, 0) is 38.1 Å². The maximum absolute atomic E-state index is 11.3. The van der Waals surface area contributed by atoms with Gasteiger partial charge in [0.15, 0.2) is 0 Å². The molecule has 1 rings (SSSR count). The minimum absolute atomic E-state index is 0.132. The molecule has 32 heavy (non-hydrogen) atoms. The van der Waals surface area contributed by atoms with E-state index < -0.39 is 5.60 Å². The molecule has 0 aliphatic carbocycles. The summed E-state index contributed by atoms with van der Waals surface area (Å²) in [5, 5.41) is 0. The Bertz CT molecular complexity index is 625. The molecule has 0 aromatic carbocycles. The molecule has 0 aromatic rings. The molecule has 0 radical (unpaired) electrons. The van der Waals surface area contributed by atoms with E-state index in [9.17, 15) is 19.2 Å². The Morgan fingerprint density at radius 2 is 1.47 bits per heavy atom. The second-order valence-electron chi connectivity index (χ2n) is 7.28. The molecule has 182 valence electrons. The minimum Gasteiger partial charge on any atom is -0.457 e. The van der Waals surface area contributed by atoms with E-state index in [1.807, 2.05) is 20.8 Å². The van der Waals surface area contributed by atoms with E-state index in [1.54, 1.807) is 7.05 Å². The van der Waals surface area contributed by atoms with Crippen LogP contribution in [0.1, 0.15) is 27.2 Å². The van der Waals surface area contributed by atoms with Crippen molar-refractivity contribution in [3.63, 3.8) is 0 Å². The van der Waals surface area contributed by atoms with Crippen molar-refractivity contribution in [2.24, 2.45) is 0 Å². The summed E-state index contributed by atoms with van der Waals surface area (Å²) in [7, 11) is 1.62. The van der Waals surface area contributed by atoms with Crippen LogP contribution in [0.2, 0.25) is 0 Å². The summed E-state index contributed by atoms with van der Waals surface area (Å²) in [5.41, 5.74) is 4.58. The highest BCUT2D eigenvalue weighted by atomic mass is 16.6. The van der Waals surface area contributed by atoms with Crippen LogP contribution >= 0.6 is 0 Å². The molecule has 0 fully saturated rings. The van der Waals surface area contributed by atoms with Crippen molar-refractivity contribution in [2.45, 2.75) is 32.8 Å². The zero-order valence-corrected chi connectivity index (χ0v) is 19.3. The number of hydrogen-bond acceptors (Lipinski definition) is 9. The van der Waals surface area contributed by atoms with E-state index in [1.165, 1.54) is 12.2 Å². The summed E-state index contributed by atoms with van der Waals surface area (Å²) < 4.78 is 20.6. The minimum atomic E-state index is -0.398. The smallest absolute Gasteiger partial charge is 0.330 e. The fourth-order valence-corrected chi connectivity index (χ4v) is 2.06. The normalized spacial score (nSPS) is 12.9. The number of carbonyl (C=O) groups excluding carboxylic acids is 4. The molecule has 0 atom stereocenters. The third-order valence-electron chi connectivity index (χ3n) is 3.42. The number of esters is 1. The molecule has 0 unspecified atom stereocenters. The van der Waals surface area contributed by atoms with Gasteiger partial charge in [-0.2, -0.15) is 0 Å². The number of amides is 3. The lowest BCUT2D eigenvalue weighted by Crippen LogP contribution is -2.34. The Labute approximate surface area is 189 Å². The van der Waals surface area contributed by atoms with E-state index >= 15 is 0 Å². The maximum Gasteiger partial charge on any atom is 0.330 e. The van der Waals surface area contributed by atoms with Gasteiger partial charge < -0.3 is 18.9 Å². The highest BCUT2D eigenvalue weighted by molar-refractivity contribution is 6.12. The number of hydrazine groups is 1. The van der Waals surface area contributed by atoms with Crippen LogP contribution in [-0.4, -0.2) is 87.4 Å². The number of nitrogens with zero attached hydrogens (tertiary/aromatic N) is 1. The number of ether oxygens (including phenoxy) is 4. The van der Waals surface area contributed by atoms with Gasteiger partial charge in [-0.3, -0.25) is 24.7 Å². The molecule has 0 saturated carbocycles. The standard InChI is InChI=1S/C14H23N3O6.C7H12O2/c1-15-16-12(18)4-6-21-8-10-23-11-9-22-7-5-17-13(19)2-3-14(17)20;1-5-6(8)9-7(2,3)4/h2-3,15H,4-11H2,1H3,(H,16,18);5H,1H2,2-4H3. The van der Waals surface area contributed by atoms with Gasteiger partial charge in [-0.25, -0.2) is 10.2 Å². The number of imide groups is 1. The van der Waals surface area contributed by atoms with E-state index in [2.05, 4.69) is 17.4 Å². The monoisotopic (exact) mass is 457 g/mol. The Morgan fingerprint density at radius 1 is 0.969 bits per heavy atom. The molecule has 1 aliphatic rings. The van der Waals surface area contributed by atoms with Crippen molar-refractivity contribution < 1.29 is 38.1 Å². The molecule has 11 nitrogen and oxygen atoms in total. The van der Waals surface area contributed by atoms with Gasteiger partial charge in [0, 0.05) is 25.3 Å². The lowest BCUT2D eigenvalue weighted by molar-refractivity contribution is -0.148. The predicted octanol–water partition coefficient (Wildman–Crippen LogP) is 0.116. The summed E-state index contributed by atoms with van der Waals surface area (Å²) >= 11 is 0. The van der Waals surface area contributed by atoms with Crippen molar-refractivity contribution in [1.29, 1.82) is 0 Å². The van der Waals surface area contributed by atoms with Crippen LogP contribution in [0.4, 0.5) is 0 Å². The van der Waals surface area contributed by atoms with Gasteiger partial charge in [0.25, 0.3) is 11.8 Å². The van der Waals surface area contributed by atoms with E-state index in [4.69, 9.17) is 18.9 Å². The first kappa shape index (κ1) is 29.4. The van der Waals surface area contributed by atoms with Gasteiger partial charge in [-0.15, -0.1) is 0 Å². The van der Waals surface area contributed by atoms with Crippen molar-refractivity contribution in [2.75, 3.05) is 53.2 Å². The van der Waals surface area contributed by atoms with E-state index in [0.717, 1.165) is 11.0 Å². The largest absolute Gasteiger partial charge is 0.457 e. The second-order valence-corrected chi connectivity index (χ2v) is 7.28. The molecule has 11 heteroatoms. The maximum atomic E-state index is 11.3. The molecule has 0 aromatic heterocycles. The number of hydrogen-bond donors (Lipinski definition) is 2. The second kappa shape index (κ2) is 17.0. The predicted molar refractivity (Wildman–Crippen MR) is 116 cm³/mol. The zero-order chi connectivity index (χ0) is 24.4. The molecule has 0 spiro atoms. The Balaban J connectivity index is 0.000000900. The van der Waals surface area contributed by atoms with Gasteiger partial charge in [0.2, 0.25) is 5.91 Å². The molecular formula is C21H35N3O8. The zero-order valence-electron chi connectivity index (χ0n) is 19.3. The summed E-state index contributed by atoms with van der Waals surface area (Å²) in [6.07, 6.45) is 3.93. The summed E-state index contributed by atoms with van der Waals surface area (Å²) in [5.74, 6) is -1.12. The highest BCUT2D eigenvalue weighted by Crippen LogP contribution is 2.06. The van der Waals surface area contributed by atoms with Gasteiger partial charge in [0.05, 0.1) is 52.6 Å². The average molecular weight is 458 g/mol. The average Bonchev–Trinajstić information content (AvgIpc) is 3.03. The van der Waals surface area contributed by atoms with Crippen LogP contribution in [0.5, 0.6) is 0 Å². The third kappa shape index (κ3) is 16.1. The topological polar surface area (TPSA) is 132 Å². The number of nitrogens with one attached hydrogen (secondary N) is 2. The van der Waals surface area contributed by atoms with Crippen LogP contribution in [0, 0.1) is 0 Å². The molecule has 0 bridgehead atoms. The van der Waals surface area contributed by atoms with Crippen molar-refractivity contribution in [1.82, 2.24) is 15.8 Å². The van der Waals surface area contributed by atoms with Crippen molar-refractivity contribution in [3.8, 4) is 0 Å². The molecule has 1 aliphatic heterocycles. The van der Waals surface area contributed by atoms with Crippen LogP contribution in [0.25, 0.3) is 0 Å². The van der Waals surface area contributed by atoms with Crippen LogP contribution in [0.3, 0.4) is 0 Å². The van der Waals surface area contributed by atoms with Crippen LogP contribution in [0.15, 0.2) is 24.8 Å². The van der Waals surface area contributed by atoms with E-state index in [-0.39, 0.29) is 43.3 Å². The lowest BCUT2D eigenvalue weighted by atomic mass is 10.2. The fourth-order valence-electron chi connectivity index (χ4n) is 2.06. The Hall–Kier alpha value is -2.60. The SMILES string of the molecule is C=CC(=O)OC(C)(C)C.CNNC(=O)CCOCCOCCOCCN1C(=O)C=CC1=O. The van der Waals surface area contributed by atoms with Crippen molar-refractivity contribution >= 4 is 23.7 Å². The number of carbonyl (C=O) groups is 4. The first-order chi connectivity index (χ1) is 15.1. The first-order valence-electron chi connectivity index (χ1n) is 10.2. The molecule has 3 amide bonds. The highest BCUT2D eigenvalue weighted by Gasteiger charge is 2.22. The first-order valence-corrected chi connectivity index (χ1v) is 10.2. The molecule has 2 N–H and O–H groups in total. The number of rotatable bonds is 14. The van der Waals surface area contributed by atoms with Gasteiger partial charge in [-0.1, -0.05) is 6.58 Å². The van der Waals surface area contributed by atoms with Gasteiger partial charge in [-0.05, 0) is 20.8 Å². The van der Waals surface area contributed by atoms with Crippen molar-refractivity contribution in [3.05, 3.63) is 24.8 Å². The lowest BCUT2D eigenvalue weighted by Gasteiger charge is -2.17. The van der Waals surface area contributed by atoms with Gasteiger partial charge >= 0.3 is 5.97 Å². The summed E-state index contributed by atoms with van der Waals surface area (Å²) in [6.45, 7) is 11.1. The third-order valence-corrected chi connectivity index (χ3v) is 3.42. The molecule has 1 heterocycles. The summed E-state index contributed by atoms with van der Waals surface area (Å²) in [4.78, 5) is 45.2. The molecule has 0 saturated heterocycles. The Kier molecular flexibility index (Phi) is 15.6. The molecular weight excluding hydrogens is 422 g/mol. The summed E-state index contributed by atoms with van der Waals surface area (Å²) in [6, 6.07) is 0. The Morgan fingerprint density at radius 3 is 1.91 bits per heavy atom. The van der Waals surface area contributed by atoms with Crippen LogP contribution < -0.4 is 10.9 Å². The van der Waals surface area contributed by atoms with E-state index in [0.29, 0.717) is 33.0 Å².